The highest BCUT2D eigenvalue weighted by molar-refractivity contribution is 5.76. The topological polar surface area (TPSA) is 95.9 Å². The molecule has 61 heavy (non-hydrogen) atoms. The SMILES string of the molecule is CCCCCCCCC/C=C/C(O)C(CO)NC(=O)CCCCCCCCC/C=C\CCCCCCCCCCCCCOC(=O)CCCCCCCCCCCCCCC. The van der Waals surface area contributed by atoms with Crippen LogP contribution in [0.2, 0.25) is 0 Å². The molecule has 3 N–H and O–H groups in total. The Labute approximate surface area is 380 Å². The first-order valence-corrected chi connectivity index (χ1v) is 27.1. The first-order chi connectivity index (χ1) is 30.0. The predicted molar refractivity (Wildman–Crippen MR) is 264 cm³/mol. The van der Waals surface area contributed by atoms with Crippen LogP contribution in [-0.4, -0.2) is 47.4 Å². The van der Waals surface area contributed by atoms with Crippen molar-refractivity contribution in [2.24, 2.45) is 0 Å². The van der Waals surface area contributed by atoms with Crippen molar-refractivity contribution >= 4 is 11.9 Å². The minimum Gasteiger partial charge on any atom is -0.466 e. The fourth-order valence-corrected chi connectivity index (χ4v) is 8.27. The van der Waals surface area contributed by atoms with Gasteiger partial charge in [0.1, 0.15) is 0 Å². The summed E-state index contributed by atoms with van der Waals surface area (Å²) in [5.74, 6) is -0.0672. The molecule has 0 spiro atoms. The van der Waals surface area contributed by atoms with Crippen molar-refractivity contribution < 1.29 is 24.5 Å². The van der Waals surface area contributed by atoms with E-state index in [1.54, 1.807) is 6.08 Å². The maximum Gasteiger partial charge on any atom is 0.305 e. The smallest absolute Gasteiger partial charge is 0.305 e. The van der Waals surface area contributed by atoms with Crippen LogP contribution in [0.4, 0.5) is 0 Å². The number of rotatable bonds is 50. The van der Waals surface area contributed by atoms with E-state index in [1.165, 1.54) is 218 Å². The van der Waals surface area contributed by atoms with E-state index in [0.29, 0.717) is 19.4 Å². The van der Waals surface area contributed by atoms with E-state index in [1.807, 2.05) is 6.08 Å². The average Bonchev–Trinajstić information content (AvgIpc) is 3.26. The van der Waals surface area contributed by atoms with Crippen molar-refractivity contribution in [1.29, 1.82) is 0 Å². The van der Waals surface area contributed by atoms with Crippen molar-refractivity contribution in [3.63, 3.8) is 0 Å². The third-order valence-electron chi connectivity index (χ3n) is 12.5. The summed E-state index contributed by atoms with van der Waals surface area (Å²) in [5.41, 5.74) is 0. The molecule has 0 saturated carbocycles. The molecule has 0 heterocycles. The third kappa shape index (κ3) is 47.7. The molecule has 0 aromatic carbocycles. The lowest BCUT2D eigenvalue weighted by molar-refractivity contribution is -0.143. The van der Waals surface area contributed by atoms with E-state index >= 15 is 0 Å². The number of amides is 1. The molecule has 360 valence electrons. The molecule has 0 aromatic heterocycles. The lowest BCUT2D eigenvalue weighted by atomic mass is 10.0. The molecule has 0 saturated heterocycles. The highest BCUT2D eigenvalue weighted by Gasteiger charge is 2.18. The first kappa shape index (κ1) is 59.3. The Bertz CT molecular complexity index is 951. The second-order valence-electron chi connectivity index (χ2n) is 18.6. The molecule has 2 atom stereocenters. The normalized spacial score (nSPS) is 12.8. The van der Waals surface area contributed by atoms with Gasteiger partial charge in [-0.3, -0.25) is 9.59 Å². The van der Waals surface area contributed by atoms with E-state index in [-0.39, 0.29) is 18.5 Å². The number of carbonyl (C=O) groups is 2. The monoisotopic (exact) mass is 860 g/mol. The van der Waals surface area contributed by atoms with Crippen LogP contribution in [0.3, 0.4) is 0 Å². The van der Waals surface area contributed by atoms with Gasteiger partial charge >= 0.3 is 5.97 Å². The number of hydrogen-bond donors (Lipinski definition) is 3. The van der Waals surface area contributed by atoms with Crippen LogP contribution < -0.4 is 5.32 Å². The quantitative estimate of drug-likeness (QED) is 0.0322. The molecule has 0 aromatic rings. The van der Waals surface area contributed by atoms with Gasteiger partial charge in [0.05, 0.1) is 25.4 Å². The zero-order valence-electron chi connectivity index (χ0n) is 40.9. The van der Waals surface area contributed by atoms with Crippen LogP contribution in [0.15, 0.2) is 24.3 Å². The highest BCUT2D eigenvalue weighted by atomic mass is 16.5. The van der Waals surface area contributed by atoms with Gasteiger partial charge in [-0.25, -0.2) is 0 Å². The molecular weight excluding hydrogens is 755 g/mol. The van der Waals surface area contributed by atoms with Gasteiger partial charge in [0.25, 0.3) is 0 Å². The van der Waals surface area contributed by atoms with Crippen molar-refractivity contribution in [3.8, 4) is 0 Å². The Morgan fingerprint density at radius 3 is 1.16 bits per heavy atom. The number of carbonyl (C=O) groups excluding carboxylic acids is 2. The Balaban J connectivity index is 3.40. The van der Waals surface area contributed by atoms with Crippen LogP contribution in [0, 0.1) is 0 Å². The lowest BCUT2D eigenvalue weighted by Gasteiger charge is -2.20. The van der Waals surface area contributed by atoms with Crippen molar-refractivity contribution in [3.05, 3.63) is 24.3 Å². The maximum absolute atomic E-state index is 12.4. The number of ether oxygens (including phenoxy) is 1. The fourth-order valence-electron chi connectivity index (χ4n) is 8.27. The van der Waals surface area contributed by atoms with Crippen molar-refractivity contribution in [2.75, 3.05) is 13.2 Å². The molecule has 2 unspecified atom stereocenters. The lowest BCUT2D eigenvalue weighted by Crippen LogP contribution is -2.45. The molecule has 6 heteroatoms. The Kier molecular flexibility index (Phi) is 49.6. The van der Waals surface area contributed by atoms with Crippen molar-refractivity contribution in [2.45, 2.75) is 302 Å². The molecule has 1 amide bonds. The molecule has 6 nitrogen and oxygen atoms in total. The summed E-state index contributed by atoms with van der Waals surface area (Å²) < 4.78 is 5.47. The molecular formula is C55H105NO5. The maximum atomic E-state index is 12.4. The predicted octanol–water partition coefficient (Wildman–Crippen LogP) is 16.3. The number of unbranched alkanes of at least 4 members (excludes halogenated alkanes) is 37. The number of allylic oxidation sites excluding steroid dienone is 3. The van der Waals surface area contributed by atoms with Crippen LogP contribution in [0.1, 0.15) is 290 Å². The van der Waals surface area contributed by atoms with Crippen LogP contribution in [-0.2, 0) is 14.3 Å². The van der Waals surface area contributed by atoms with Crippen LogP contribution in [0.5, 0.6) is 0 Å². The Morgan fingerprint density at radius 2 is 0.770 bits per heavy atom. The zero-order chi connectivity index (χ0) is 44.4. The number of aliphatic hydroxyl groups excluding tert-OH is 2. The molecule has 0 bridgehead atoms. The summed E-state index contributed by atoms with van der Waals surface area (Å²) in [6, 6.07) is -0.630. The number of nitrogens with one attached hydrogen (secondary N) is 1. The van der Waals surface area contributed by atoms with E-state index in [0.717, 1.165) is 44.9 Å². The average molecular weight is 860 g/mol. The summed E-state index contributed by atoms with van der Waals surface area (Å²) in [6.45, 7) is 4.87. The fraction of sp³-hybridized carbons (Fsp3) is 0.891. The molecule has 0 radical (unpaired) electrons. The summed E-state index contributed by atoms with van der Waals surface area (Å²) in [4.78, 5) is 24.4. The summed E-state index contributed by atoms with van der Waals surface area (Å²) in [5, 5.41) is 22.9. The standard InChI is InChI=1S/C55H105NO5/c1-3-5-7-9-11-13-14-25-29-33-37-41-45-49-55(60)61-50-46-42-38-34-30-27-24-22-20-18-16-15-17-19-21-23-26-28-32-36-40-44-48-54(59)56-52(51-57)53(58)47-43-39-35-31-12-10-8-6-4-2/h17,19,43,47,52-53,57-58H,3-16,18,20-42,44-46,48-51H2,1-2H3,(H,56,59)/b19-17-,47-43+. The van der Waals surface area contributed by atoms with E-state index < -0.39 is 12.1 Å². The number of hydrogen-bond acceptors (Lipinski definition) is 5. The van der Waals surface area contributed by atoms with Crippen molar-refractivity contribution in [1.82, 2.24) is 5.32 Å². The third-order valence-corrected chi connectivity index (χ3v) is 12.5. The van der Waals surface area contributed by atoms with Crippen LogP contribution >= 0.6 is 0 Å². The summed E-state index contributed by atoms with van der Waals surface area (Å²) in [7, 11) is 0. The number of esters is 1. The van der Waals surface area contributed by atoms with E-state index in [9.17, 15) is 19.8 Å². The van der Waals surface area contributed by atoms with Gasteiger partial charge in [-0.05, 0) is 57.8 Å². The van der Waals surface area contributed by atoms with Gasteiger partial charge in [0.2, 0.25) is 5.91 Å². The number of aliphatic hydroxyl groups is 2. The zero-order valence-corrected chi connectivity index (χ0v) is 40.9. The second kappa shape index (κ2) is 51.0. The Morgan fingerprint density at radius 1 is 0.443 bits per heavy atom. The summed E-state index contributed by atoms with van der Waals surface area (Å²) >= 11 is 0. The van der Waals surface area contributed by atoms with Gasteiger partial charge in [-0.15, -0.1) is 0 Å². The summed E-state index contributed by atoms with van der Waals surface area (Å²) in [6.07, 6.45) is 60.6. The van der Waals surface area contributed by atoms with Gasteiger partial charge in [0, 0.05) is 12.8 Å². The molecule has 0 aliphatic heterocycles. The largest absolute Gasteiger partial charge is 0.466 e. The molecule has 0 rings (SSSR count). The molecule has 0 aliphatic rings. The molecule has 0 fully saturated rings. The van der Waals surface area contributed by atoms with Gasteiger partial charge in [-0.1, -0.05) is 244 Å². The van der Waals surface area contributed by atoms with E-state index in [4.69, 9.17) is 4.74 Å². The molecule has 0 aliphatic carbocycles. The van der Waals surface area contributed by atoms with Gasteiger partial charge in [0.15, 0.2) is 0 Å². The highest BCUT2D eigenvalue weighted by Crippen LogP contribution is 2.16. The Hall–Kier alpha value is -1.66. The van der Waals surface area contributed by atoms with Crippen LogP contribution in [0.25, 0.3) is 0 Å². The van der Waals surface area contributed by atoms with Gasteiger partial charge in [-0.2, -0.15) is 0 Å². The van der Waals surface area contributed by atoms with E-state index in [2.05, 4.69) is 31.3 Å². The van der Waals surface area contributed by atoms with Gasteiger partial charge < -0.3 is 20.3 Å². The second-order valence-corrected chi connectivity index (χ2v) is 18.6. The minimum absolute atomic E-state index is 0.0105. The minimum atomic E-state index is -0.846. The first-order valence-electron chi connectivity index (χ1n) is 27.1.